The molecule has 3 heterocycles. The lowest BCUT2D eigenvalue weighted by atomic mass is 9.64. The van der Waals surface area contributed by atoms with Crippen LogP contribution in [0.25, 0.3) is 0 Å². The van der Waals surface area contributed by atoms with Crippen molar-refractivity contribution >= 4 is 5.97 Å². The molecule has 1 fully saturated rings. The third-order valence-electron chi connectivity index (χ3n) is 7.35. The molecule has 2 unspecified atom stereocenters. The third kappa shape index (κ3) is 2.90. The normalized spacial score (nSPS) is 30.4. The minimum atomic E-state index is -0.351. The topological polar surface area (TPSA) is 76.7 Å². The Morgan fingerprint density at radius 3 is 3.00 bits per heavy atom. The van der Waals surface area contributed by atoms with Gasteiger partial charge in [0.1, 0.15) is 17.9 Å². The first-order chi connectivity index (χ1) is 14.5. The summed E-state index contributed by atoms with van der Waals surface area (Å²) in [6.45, 7) is 4.26. The van der Waals surface area contributed by atoms with E-state index in [4.69, 9.17) is 14.2 Å². The standard InChI is InChI=1S/C23H29N3O4/c1-14-4-6-16(29-22(27)17-11-24-13-25-17)10-19-23(14)8-9-26(2)12-15-5-7-18(28-3)21(30-19)20(15)23/h5,7,11,13-14,16,19H,4,6,8-10,12H2,1-3H3,(H,24,25)/t14?,16-,19?,23+/m0/s1. The van der Waals surface area contributed by atoms with Gasteiger partial charge in [-0.05, 0) is 50.4 Å². The van der Waals surface area contributed by atoms with Gasteiger partial charge in [-0.1, -0.05) is 13.0 Å². The van der Waals surface area contributed by atoms with Crippen molar-refractivity contribution in [1.82, 2.24) is 14.9 Å². The van der Waals surface area contributed by atoms with Gasteiger partial charge in [-0.15, -0.1) is 0 Å². The lowest BCUT2D eigenvalue weighted by molar-refractivity contribution is 0.0130. The highest BCUT2D eigenvalue weighted by Crippen LogP contribution is 2.58. The molecule has 2 aromatic rings. The van der Waals surface area contributed by atoms with Gasteiger partial charge in [0.05, 0.1) is 19.6 Å². The summed E-state index contributed by atoms with van der Waals surface area (Å²) in [7, 11) is 3.88. The molecule has 0 radical (unpaired) electrons. The molecule has 1 N–H and O–H groups in total. The number of aromatic nitrogens is 2. The Morgan fingerprint density at radius 1 is 1.37 bits per heavy atom. The zero-order valence-electron chi connectivity index (χ0n) is 17.8. The molecule has 7 nitrogen and oxygen atoms in total. The predicted molar refractivity (Wildman–Crippen MR) is 111 cm³/mol. The second-order valence-electron chi connectivity index (χ2n) is 8.97. The van der Waals surface area contributed by atoms with Gasteiger partial charge in [0.2, 0.25) is 0 Å². The zero-order valence-corrected chi connectivity index (χ0v) is 17.8. The van der Waals surface area contributed by atoms with Crippen LogP contribution >= 0.6 is 0 Å². The molecule has 0 amide bonds. The van der Waals surface area contributed by atoms with Crippen molar-refractivity contribution in [1.29, 1.82) is 0 Å². The predicted octanol–water partition coefficient (Wildman–Crippen LogP) is 3.30. The number of hydrogen-bond acceptors (Lipinski definition) is 6. The van der Waals surface area contributed by atoms with E-state index in [9.17, 15) is 4.79 Å². The van der Waals surface area contributed by atoms with E-state index in [1.54, 1.807) is 7.11 Å². The summed E-state index contributed by atoms with van der Waals surface area (Å²) < 4.78 is 18.2. The average Bonchev–Trinajstić information content (AvgIpc) is 3.31. The van der Waals surface area contributed by atoms with Gasteiger partial charge >= 0.3 is 5.97 Å². The van der Waals surface area contributed by atoms with Crippen LogP contribution < -0.4 is 9.47 Å². The number of carbonyl (C=O) groups excluding carboxylic acids is 1. The van der Waals surface area contributed by atoms with E-state index >= 15 is 0 Å². The van der Waals surface area contributed by atoms with Crippen molar-refractivity contribution in [2.45, 2.75) is 56.8 Å². The van der Waals surface area contributed by atoms with Crippen molar-refractivity contribution in [2.24, 2.45) is 5.92 Å². The third-order valence-corrected chi connectivity index (χ3v) is 7.35. The Labute approximate surface area is 176 Å². The summed E-state index contributed by atoms with van der Waals surface area (Å²) in [5, 5.41) is 0. The summed E-state index contributed by atoms with van der Waals surface area (Å²) >= 11 is 0. The van der Waals surface area contributed by atoms with Gasteiger partial charge in [-0.2, -0.15) is 0 Å². The van der Waals surface area contributed by atoms with E-state index in [2.05, 4.69) is 34.9 Å². The van der Waals surface area contributed by atoms with Gasteiger partial charge in [0, 0.05) is 23.9 Å². The summed E-state index contributed by atoms with van der Waals surface area (Å²) in [6, 6.07) is 4.22. The molecule has 160 valence electrons. The highest BCUT2D eigenvalue weighted by Gasteiger charge is 2.56. The van der Waals surface area contributed by atoms with Crippen LogP contribution in [0, 0.1) is 5.92 Å². The van der Waals surface area contributed by atoms with E-state index < -0.39 is 0 Å². The lowest BCUT2D eigenvalue weighted by Gasteiger charge is -2.38. The first-order valence-corrected chi connectivity index (χ1v) is 10.8. The number of H-pyrrole nitrogens is 1. The molecular weight excluding hydrogens is 382 g/mol. The van der Waals surface area contributed by atoms with Gasteiger partial charge < -0.3 is 24.1 Å². The molecule has 0 bridgehead atoms. The van der Waals surface area contributed by atoms with Crippen molar-refractivity contribution in [2.75, 3.05) is 20.7 Å². The first-order valence-electron chi connectivity index (χ1n) is 10.8. The van der Waals surface area contributed by atoms with Crippen LogP contribution in [0.3, 0.4) is 0 Å². The molecule has 30 heavy (non-hydrogen) atoms. The number of methoxy groups -OCH3 is 1. The fourth-order valence-electron chi connectivity index (χ4n) is 5.77. The Morgan fingerprint density at radius 2 is 2.23 bits per heavy atom. The number of benzene rings is 1. The molecular formula is C23H29N3O4. The molecule has 2 aliphatic heterocycles. The molecule has 5 rings (SSSR count). The Balaban J connectivity index is 1.52. The van der Waals surface area contributed by atoms with E-state index in [1.807, 2.05) is 6.07 Å². The lowest BCUT2D eigenvalue weighted by Crippen LogP contribution is -2.44. The average molecular weight is 412 g/mol. The largest absolute Gasteiger partial charge is 0.493 e. The number of imidazole rings is 1. The van der Waals surface area contributed by atoms with Crippen molar-refractivity contribution in [3.63, 3.8) is 0 Å². The molecule has 4 atom stereocenters. The van der Waals surface area contributed by atoms with Gasteiger partial charge in [-0.25, -0.2) is 9.78 Å². The molecule has 1 aliphatic carbocycles. The highest BCUT2D eigenvalue weighted by molar-refractivity contribution is 5.87. The Kier molecular flexibility index (Phi) is 4.73. The van der Waals surface area contributed by atoms with Crippen LogP contribution in [0.15, 0.2) is 24.7 Å². The van der Waals surface area contributed by atoms with Crippen LogP contribution in [0.4, 0.5) is 0 Å². The Bertz CT molecular complexity index is 944. The first kappa shape index (κ1) is 19.4. The maximum absolute atomic E-state index is 12.5. The summed E-state index contributed by atoms with van der Waals surface area (Å²) in [5.41, 5.74) is 2.95. The van der Waals surface area contributed by atoms with Crippen LogP contribution in [0.1, 0.15) is 54.2 Å². The highest BCUT2D eigenvalue weighted by atomic mass is 16.6. The molecule has 0 saturated heterocycles. The van der Waals surface area contributed by atoms with Crippen molar-refractivity contribution in [3.05, 3.63) is 41.5 Å². The fourth-order valence-corrected chi connectivity index (χ4v) is 5.77. The second kappa shape index (κ2) is 7.30. The second-order valence-corrected chi connectivity index (χ2v) is 8.97. The number of ether oxygens (including phenoxy) is 3. The van der Waals surface area contributed by atoms with Gasteiger partial charge in [0.25, 0.3) is 0 Å². The number of hydrogen-bond donors (Lipinski definition) is 1. The van der Waals surface area contributed by atoms with Crippen LogP contribution in [0.2, 0.25) is 0 Å². The van der Waals surface area contributed by atoms with Crippen molar-refractivity contribution in [3.8, 4) is 11.5 Å². The molecule has 1 spiro atoms. The smallest absolute Gasteiger partial charge is 0.356 e. The molecule has 1 aromatic carbocycles. The summed E-state index contributed by atoms with van der Waals surface area (Å²) in [6.07, 6.45) is 6.32. The zero-order chi connectivity index (χ0) is 20.9. The monoisotopic (exact) mass is 411 g/mol. The molecule has 1 saturated carbocycles. The molecule has 7 heteroatoms. The van der Waals surface area contributed by atoms with Crippen LogP contribution in [0.5, 0.6) is 11.5 Å². The summed E-state index contributed by atoms with van der Waals surface area (Å²) in [5.74, 6) is 1.75. The van der Waals surface area contributed by atoms with Crippen molar-refractivity contribution < 1.29 is 19.0 Å². The fraction of sp³-hybridized carbons (Fsp3) is 0.565. The molecule has 1 aromatic heterocycles. The van der Waals surface area contributed by atoms with Gasteiger partial charge in [0.15, 0.2) is 11.5 Å². The SMILES string of the molecule is COc1ccc2c3c1OC1C[C@@H](OC(=O)c4cnc[nH]4)CCC(C)[C@@]31CCN(C)C2. The number of aromatic amines is 1. The number of carbonyl (C=O) groups is 1. The molecule has 3 aliphatic rings. The van der Waals surface area contributed by atoms with Gasteiger partial charge in [-0.3, -0.25) is 0 Å². The number of nitrogens with one attached hydrogen (secondary N) is 1. The number of nitrogens with zero attached hydrogens (tertiary/aromatic N) is 2. The Hall–Kier alpha value is -2.54. The van der Waals surface area contributed by atoms with E-state index in [-0.39, 0.29) is 23.6 Å². The minimum Gasteiger partial charge on any atom is -0.493 e. The maximum atomic E-state index is 12.5. The van der Waals surface area contributed by atoms with E-state index in [1.165, 1.54) is 23.7 Å². The maximum Gasteiger partial charge on any atom is 0.356 e. The quantitative estimate of drug-likeness (QED) is 0.781. The van der Waals surface area contributed by atoms with Crippen LogP contribution in [-0.2, 0) is 16.7 Å². The van der Waals surface area contributed by atoms with Crippen LogP contribution in [-0.4, -0.2) is 53.7 Å². The number of esters is 1. The summed E-state index contributed by atoms with van der Waals surface area (Å²) in [4.78, 5) is 21.7. The van der Waals surface area contributed by atoms with E-state index in [0.717, 1.165) is 43.9 Å². The number of rotatable bonds is 3. The minimum absolute atomic E-state index is 0.0360. The van der Waals surface area contributed by atoms with E-state index in [0.29, 0.717) is 18.0 Å².